The summed E-state index contributed by atoms with van der Waals surface area (Å²) < 4.78 is 12.5. The van der Waals surface area contributed by atoms with Gasteiger partial charge in [0.2, 0.25) is 0 Å². The number of nitrogens with two attached hydrogens (primary N) is 1. The summed E-state index contributed by atoms with van der Waals surface area (Å²) in [5, 5.41) is 2.78. The highest BCUT2D eigenvalue weighted by molar-refractivity contribution is 5.71. The van der Waals surface area contributed by atoms with E-state index in [2.05, 4.69) is 12.2 Å². The maximum Gasteiger partial charge on any atom is 0.312 e. The Morgan fingerprint density at radius 2 is 1.59 bits per heavy atom. The highest BCUT2D eigenvalue weighted by Gasteiger charge is 2.42. The molecule has 0 bridgehead atoms. The molecule has 0 aliphatic rings. The molecular weight excluding hydrogens is 340 g/mol. The molecule has 0 aliphatic carbocycles. The Balaban J connectivity index is 2.99. The van der Waals surface area contributed by atoms with E-state index in [1.165, 1.54) is 32.1 Å². The summed E-state index contributed by atoms with van der Waals surface area (Å²) in [5.41, 5.74) is 6.33. The molecule has 0 saturated heterocycles. The molecule has 1 unspecified atom stereocenters. The summed E-state index contributed by atoms with van der Waals surface area (Å²) in [6.07, 6.45) is 8.21. The second-order valence-corrected chi connectivity index (χ2v) is 6.90. The van der Waals surface area contributed by atoms with Crippen LogP contribution in [0, 0.1) is 5.92 Å². The average molecular weight is 379 g/mol. The van der Waals surface area contributed by atoms with Crippen LogP contribution in [-0.4, -0.2) is 25.8 Å². The molecule has 5 heteroatoms. The van der Waals surface area contributed by atoms with Crippen molar-refractivity contribution in [3.05, 3.63) is 35.9 Å². The predicted molar refractivity (Wildman–Crippen MR) is 110 cm³/mol. The van der Waals surface area contributed by atoms with E-state index in [0.717, 1.165) is 18.4 Å². The lowest BCUT2D eigenvalue weighted by molar-refractivity contribution is -0.274. The fourth-order valence-electron chi connectivity index (χ4n) is 3.60. The van der Waals surface area contributed by atoms with Gasteiger partial charge in [-0.25, -0.2) is 4.79 Å². The number of unbranched alkanes of at least 4 members (excludes halogenated alkanes) is 5. The van der Waals surface area contributed by atoms with Crippen molar-refractivity contribution in [2.45, 2.75) is 71.5 Å². The summed E-state index contributed by atoms with van der Waals surface area (Å²) in [6, 6.07) is 9.51. The number of urea groups is 1. The number of ether oxygens (including phenoxy) is 2. The number of rotatable bonds is 15. The molecule has 0 fully saturated rings. The van der Waals surface area contributed by atoms with Crippen LogP contribution in [0.25, 0.3) is 0 Å². The zero-order valence-corrected chi connectivity index (χ0v) is 17.3. The molecule has 1 aromatic rings. The first-order valence-corrected chi connectivity index (χ1v) is 10.5. The molecule has 0 aromatic heterocycles. The maximum atomic E-state index is 11.4. The van der Waals surface area contributed by atoms with Gasteiger partial charge in [0.15, 0.2) is 5.79 Å². The maximum absolute atomic E-state index is 11.4. The van der Waals surface area contributed by atoms with Gasteiger partial charge in [0.25, 0.3) is 0 Å². The molecule has 27 heavy (non-hydrogen) atoms. The van der Waals surface area contributed by atoms with Crippen molar-refractivity contribution >= 4 is 6.03 Å². The number of hydrogen-bond donors (Lipinski definition) is 2. The van der Waals surface area contributed by atoms with Gasteiger partial charge < -0.3 is 20.5 Å². The van der Waals surface area contributed by atoms with Gasteiger partial charge in [-0.3, -0.25) is 0 Å². The van der Waals surface area contributed by atoms with Crippen LogP contribution in [0.2, 0.25) is 0 Å². The molecule has 0 radical (unpaired) electrons. The Bertz CT molecular complexity index is 502. The first kappa shape index (κ1) is 23.4. The fraction of sp³-hybridized carbons (Fsp3) is 0.682. The van der Waals surface area contributed by atoms with E-state index in [9.17, 15) is 4.79 Å². The summed E-state index contributed by atoms with van der Waals surface area (Å²) in [7, 11) is 0. The largest absolute Gasteiger partial charge is 0.352 e. The first-order chi connectivity index (χ1) is 13.1. The number of benzene rings is 1. The smallest absolute Gasteiger partial charge is 0.312 e. The lowest BCUT2D eigenvalue weighted by Gasteiger charge is -2.40. The lowest BCUT2D eigenvalue weighted by Crippen LogP contribution is -2.47. The highest BCUT2D eigenvalue weighted by atomic mass is 16.7. The van der Waals surface area contributed by atoms with Crippen LogP contribution < -0.4 is 11.1 Å². The summed E-state index contributed by atoms with van der Waals surface area (Å²) in [5.74, 6) is -0.894. The van der Waals surface area contributed by atoms with Gasteiger partial charge in [-0.2, -0.15) is 0 Å². The van der Waals surface area contributed by atoms with E-state index in [0.29, 0.717) is 19.8 Å². The van der Waals surface area contributed by atoms with E-state index in [4.69, 9.17) is 15.2 Å². The van der Waals surface area contributed by atoms with Crippen LogP contribution >= 0.6 is 0 Å². The van der Waals surface area contributed by atoms with Crippen molar-refractivity contribution < 1.29 is 14.3 Å². The van der Waals surface area contributed by atoms with Crippen LogP contribution in [0.1, 0.15) is 71.3 Å². The molecule has 5 nitrogen and oxygen atoms in total. The lowest BCUT2D eigenvalue weighted by atomic mass is 9.86. The third kappa shape index (κ3) is 7.89. The van der Waals surface area contributed by atoms with Gasteiger partial charge in [-0.1, -0.05) is 75.8 Å². The van der Waals surface area contributed by atoms with Gasteiger partial charge in [0, 0.05) is 31.2 Å². The van der Waals surface area contributed by atoms with Crippen molar-refractivity contribution in [1.82, 2.24) is 5.32 Å². The minimum Gasteiger partial charge on any atom is -0.352 e. The summed E-state index contributed by atoms with van der Waals surface area (Å²) in [6.45, 7) is 7.65. The van der Waals surface area contributed by atoms with E-state index in [1.54, 1.807) is 0 Å². The Hall–Kier alpha value is -1.59. The number of nitrogens with one attached hydrogen (secondary N) is 1. The Morgan fingerprint density at radius 3 is 2.15 bits per heavy atom. The molecule has 0 heterocycles. The number of carbonyl (C=O) groups excluding carboxylic acids is 1. The first-order valence-electron chi connectivity index (χ1n) is 10.5. The van der Waals surface area contributed by atoms with Crippen molar-refractivity contribution in [3.8, 4) is 0 Å². The number of amides is 2. The van der Waals surface area contributed by atoms with Crippen molar-refractivity contribution in [3.63, 3.8) is 0 Å². The van der Waals surface area contributed by atoms with Gasteiger partial charge in [-0.15, -0.1) is 0 Å². The Morgan fingerprint density at radius 1 is 1.00 bits per heavy atom. The van der Waals surface area contributed by atoms with Gasteiger partial charge in [0.1, 0.15) is 0 Å². The molecule has 1 aromatic carbocycles. The predicted octanol–water partition coefficient (Wildman–Crippen LogP) is 4.95. The Kier molecular flexibility index (Phi) is 11.8. The SMILES string of the molecule is CCCCCCCCC(CNC(N)=O)C(OCC)(OCC)c1ccccc1. The normalized spacial score (nSPS) is 12.7. The van der Waals surface area contributed by atoms with Crippen LogP contribution in [-0.2, 0) is 15.3 Å². The van der Waals surface area contributed by atoms with E-state index in [1.807, 2.05) is 44.2 Å². The molecular formula is C22H38N2O3. The molecule has 2 amide bonds. The summed E-state index contributed by atoms with van der Waals surface area (Å²) >= 11 is 0. The summed E-state index contributed by atoms with van der Waals surface area (Å²) in [4.78, 5) is 11.4. The molecule has 1 atom stereocenters. The number of carbonyl (C=O) groups is 1. The highest BCUT2D eigenvalue weighted by Crippen LogP contribution is 2.38. The van der Waals surface area contributed by atoms with Crippen LogP contribution in [0.3, 0.4) is 0 Å². The van der Waals surface area contributed by atoms with Crippen molar-refractivity contribution in [2.75, 3.05) is 19.8 Å². The quantitative estimate of drug-likeness (QED) is 0.335. The van der Waals surface area contributed by atoms with E-state index >= 15 is 0 Å². The Labute approximate surface area is 165 Å². The monoisotopic (exact) mass is 378 g/mol. The fourth-order valence-corrected chi connectivity index (χ4v) is 3.60. The minimum absolute atomic E-state index is 0.0153. The molecule has 1 rings (SSSR count). The topological polar surface area (TPSA) is 73.6 Å². The van der Waals surface area contributed by atoms with E-state index in [-0.39, 0.29) is 5.92 Å². The molecule has 0 aliphatic heterocycles. The molecule has 0 spiro atoms. The average Bonchev–Trinajstić information content (AvgIpc) is 2.67. The number of primary amides is 1. The third-order valence-corrected chi connectivity index (χ3v) is 4.86. The molecule has 0 saturated carbocycles. The number of hydrogen-bond acceptors (Lipinski definition) is 3. The third-order valence-electron chi connectivity index (χ3n) is 4.86. The van der Waals surface area contributed by atoms with Crippen LogP contribution in [0.4, 0.5) is 4.79 Å². The second kappa shape index (κ2) is 13.6. The zero-order valence-electron chi connectivity index (χ0n) is 17.3. The molecule has 3 N–H and O–H groups in total. The zero-order chi connectivity index (χ0) is 20.0. The van der Waals surface area contributed by atoms with Gasteiger partial charge in [-0.05, 0) is 20.3 Å². The van der Waals surface area contributed by atoms with Gasteiger partial charge in [0.05, 0.1) is 0 Å². The van der Waals surface area contributed by atoms with Crippen molar-refractivity contribution in [1.29, 1.82) is 0 Å². The van der Waals surface area contributed by atoms with Crippen molar-refractivity contribution in [2.24, 2.45) is 11.7 Å². The second-order valence-electron chi connectivity index (χ2n) is 6.90. The standard InChI is InChI=1S/C22H38N2O3/c1-4-7-8-9-10-12-17-20(18-24-21(23)25)22(26-5-2,27-6-3)19-15-13-11-14-16-19/h11,13-16,20H,4-10,12,17-18H2,1-3H3,(H3,23,24,25). The van der Waals surface area contributed by atoms with E-state index < -0.39 is 11.8 Å². The van der Waals surface area contributed by atoms with Gasteiger partial charge >= 0.3 is 6.03 Å². The minimum atomic E-state index is -0.878. The van der Waals surface area contributed by atoms with Crippen LogP contribution in [0.5, 0.6) is 0 Å². The molecule has 154 valence electrons. The van der Waals surface area contributed by atoms with Crippen LogP contribution in [0.15, 0.2) is 30.3 Å².